The van der Waals surface area contributed by atoms with Gasteiger partial charge in [0.1, 0.15) is 9.67 Å². The van der Waals surface area contributed by atoms with Crippen LogP contribution in [0.1, 0.15) is 23.1 Å². The van der Waals surface area contributed by atoms with Crippen molar-refractivity contribution in [3.05, 3.63) is 70.3 Å². The molecule has 0 aromatic heterocycles. The second-order valence-electron chi connectivity index (χ2n) is 5.27. The highest BCUT2D eigenvalue weighted by Crippen LogP contribution is 2.24. The van der Waals surface area contributed by atoms with Crippen molar-refractivity contribution in [1.82, 2.24) is 0 Å². The molecule has 4 heteroatoms. The normalized spacial score (nSPS) is 12.3. The molecular weight excluding hydrogens is 423 g/mol. The van der Waals surface area contributed by atoms with Crippen LogP contribution in [0.25, 0.3) is 6.08 Å². The first kappa shape index (κ1) is 18.0. The predicted octanol–water partition coefficient (Wildman–Crippen LogP) is 5.77. The molecule has 23 heavy (non-hydrogen) atoms. The zero-order valence-electron chi connectivity index (χ0n) is 13.1. The molecule has 0 spiro atoms. The molecular formula is C19H18ClIO2. The van der Waals surface area contributed by atoms with Crippen LogP contribution in [-0.2, 0) is 4.79 Å². The van der Waals surface area contributed by atoms with Crippen molar-refractivity contribution < 1.29 is 9.53 Å². The van der Waals surface area contributed by atoms with Gasteiger partial charge in [-0.15, -0.1) is 0 Å². The summed E-state index contributed by atoms with van der Waals surface area (Å²) in [6.45, 7) is 3.88. The number of hydrogen-bond acceptors (Lipinski definition) is 2. The Labute approximate surface area is 155 Å². The SMILES string of the molecule is Cc1cccc(C)c1OC(=O)C(I)C/C=C/c1ccccc1Cl. The standard InChI is InChI=1S/C19H18ClIO2/c1-13-7-5-8-14(2)18(13)23-19(22)17(21)12-6-10-15-9-3-4-11-16(15)20/h3-11,17H,12H2,1-2H3/b10-6+. The molecule has 2 aromatic rings. The van der Waals surface area contributed by atoms with Crippen LogP contribution in [0.4, 0.5) is 0 Å². The number of ether oxygens (including phenoxy) is 1. The van der Waals surface area contributed by atoms with E-state index in [0.717, 1.165) is 16.7 Å². The maximum atomic E-state index is 12.2. The first-order valence-corrected chi connectivity index (χ1v) is 8.94. The molecule has 2 aromatic carbocycles. The van der Waals surface area contributed by atoms with Gasteiger partial charge in [0.2, 0.25) is 0 Å². The van der Waals surface area contributed by atoms with Crippen molar-refractivity contribution in [2.75, 3.05) is 0 Å². The molecule has 0 amide bonds. The van der Waals surface area contributed by atoms with Crippen molar-refractivity contribution in [2.45, 2.75) is 24.2 Å². The number of aryl methyl sites for hydroxylation is 2. The Kier molecular flexibility index (Phi) is 6.66. The van der Waals surface area contributed by atoms with Gasteiger partial charge in [0.05, 0.1) is 0 Å². The monoisotopic (exact) mass is 440 g/mol. The summed E-state index contributed by atoms with van der Waals surface area (Å²) >= 11 is 8.21. The van der Waals surface area contributed by atoms with Crippen molar-refractivity contribution >= 4 is 46.2 Å². The zero-order chi connectivity index (χ0) is 16.8. The van der Waals surface area contributed by atoms with Crippen LogP contribution in [-0.4, -0.2) is 9.89 Å². The molecule has 0 aliphatic carbocycles. The first-order valence-electron chi connectivity index (χ1n) is 7.32. The molecule has 1 atom stereocenters. The Morgan fingerprint density at radius 2 is 1.83 bits per heavy atom. The summed E-state index contributed by atoms with van der Waals surface area (Å²) in [5.74, 6) is 0.432. The Balaban J connectivity index is 1.97. The van der Waals surface area contributed by atoms with E-state index in [1.165, 1.54) is 0 Å². The van der Waals surface area contributed by atoms with E-state index in [1.807, 2.05) is 68.5 Å². The Hall–Kier alpha value is -1.33. The number of para-hydroxylation sites is 1. The van der Waals surface area contributed by atoms with Crippen LogP contribution in [0.5, 0.6) is 5.75 Å². The summed E-state index contributed by atoms with van der Waals surface area (Å²) in [6, 6.07) is 13.4. The van der Waals surface area contributed by atoms with E-state index < -0.39 is 0 Å². The summed E-state index contributed by atoms with van der Waals surface area (Å²) in [6.07, 6.45) is 4.47. The third-order valence-electron chi connectivity index (χ3n) is 3.41. The average Bonchev–Trinajstić information content (AvgIpc) is 2.52. The number of hydrogen-bond donors (Lipinski definition) is 0. The van der Waals surface area contributed by atoms with Gasteiger partial charge in [0.15, 0.2) is 0 Å². The van der Waals surface area contributed by atoms with Crippen LogP contribution in [0.15, 0.2) is 48.5 Å². The molecule has 0 aliphatic heterocycles. The zero-order valence-corrected chi connectivity index (χ0v) is 16.0. The van der Waals surface area contributed by atoms with Crippen molar-refractivity contribution in [3.63, 3.8) is 0 Å². The largest absolute Gasteiger partial charge is 0.425 e. The lowest BCUT2D eigenvalue weighted by atomic mass is 10.1. The molecule has 120 valence electrons. The third kappa shape index (κ3) is 5.08. The fourth-order valence-corrected chi connectivity index (χ4v) is 2.77. The number of allylic oxidation sites excluding steroid dienone is 1. The van der Waals surface area contributed by atoms with Gasteiger partial charge >= 0.3 is 5.97 Å². The number of esters is 1. The lowest BCUT2D eigenvalue weighted by Crippen LogP contribution is -2.20. The van der Waals surface area contributed by atoms with Crippen molar-refractivity contribution in [2.24, 2.45) is 0 Å². The van der Waals surface area contributed by atoms with Gasteiger partial charge in [0, 0.05) is 5.02 Å². The molecule has 0 aliphatic rings. The minimum Gasteiger partial charge on any atom is -0.425 e. The van der Waals surface area contributed by atoms with Gasteiger partial charge in [0.25, 0.3) is 0 Å². The van der Waals surface area contributed by atoms with Crippen LogP contribution in [0.3, 0.4) is 0 Å². The molecule has 0 bridgehead atoms. The first-order chi connectivity index (χ1) is 11.0. The van der Waals surface area contributed by atoms with Gasteiger partial charge in [-0.2, -0.15) is 0 Å². The third-order valence-corrected chi connectivity index (χ3v) is 4.77. The minimum atomic E-state index is -0.245. The highest BCUT2D eigenvalue weighted by atomic mass is 127. The number of rotatable bonds is 5. The van der Waals surface area contributed by atoms with E-state index in [-0.39, 0.29) is 9.89 Å². The van der Waals surface area contributed by atoms with Gasteiger partial charge in [-0.3, -0.25) is 4.79 Å². The maximum Gasteiger partial charge on any atom is 0.324 e. The fourth-order valence-electron chi connectivity index (χ4n) is 2.15. The van der Waals surface area contributed by atoms with E-state index in [0.29, 0.717) is 17.2 Å². The molecule has 0 saturated carbocycles. The summed E-state index contributed by atoms with van der Waals surface area (Å²) < 4.78 is 5.31. The number of alkyl halides is 1. The molecule has 2 rings (SSSR count). The minimum absolute atomic E-state index is 0.230. The van der Waals surface area contributed by atoms with Crippen LogP contribution < -0.4 is 4.74 Å². The Morgan fingerprint density at radius 1 is 1.17 bits per heavy atom. The second kappa shape index (κ2) is 8.50. The van der Waals surface area contributed by atoms with Gasteiger partial charge < -0.3 is 4.74 Å². The van der Waals surface area contributed by atoms with Crippen molar-refractivity contribution in [3.8, 4) is 5.75 Å². The summed E-state index contributed by atoms with van der Waals surface area (Å²) in [5.41, 5.74) is 2.88. The van der Waals surface area contributed by atoms with Gasteiger partial charge in [-0.1, -0.05) is 82.7 Å². The summed E-state index contributed by atoms with van der Waals surface area (Å²) in [7, 11) is 0. The smallest absolute Gasteiger partial charge is 0.324 e. The second-order valence-corrected chi connectivity index (χ2v) is 7.18. The van der Waals surface area contributed by atoms with Gasteiger partial charge in [-0.25, -0.2) is 0 Å². The molecule has 0 fully saturated rings. The van der Waals surface area contributed by atoms with Gasteiger partial charge in [-0.05, 0) is 43.0 Å². The van der Waals surface area contributed by atoms with Crippen molar-refractivity contribution in [1.29, 1.82) is 0 Å². The Bertz CT molecular complexity index is 705. The van der Waals surface area contributed by atoms with Crippen LogP contribution >= 0.6 is 34.2 Å². The lowest BCUT2D eigenvalue weighted by molar-refractivity contribution is -0.133. The van der Waals surface area contributed by atoms with Crippen LogP contribution in [0, 0.1) is 13.8 Å². The Morgan fingerprint density at radius 3 is 2.48 bits per heavy atom. The quantitative estimate of drug-likeness (QED) is 0.255. The van der Waals surface area contributed by atoms with E-state index in [1.54, 1.807) is 0 Å². The molecule has 0 saturated heterocycles. The molecule has 0 heterocycles. The average molecular weight is 441 g/mol. The molecule has 1 unspecified atom stereocenters. The molecule has 0 N–H and O–H groups in total. The number of halogens is 2. The number of benzene rings is 2. The van der Waals surface area contributed by atoms with E-state index in [4.69, 9.17) is 16.3 Å². The lowest BCUT2D eigenvalue weighted by Gasteiger charge is -2.12. The number of carbonyl (C=O) groups excluding carboxylic acids is 1. The van der Waals surface area contributed by atoms with Crippen LogP contribution in [0.2, 0.25) is 5.02 Å². The molecule has 2 nitrogen and oxygen atoms in total. The summed E-state index contributed by atoms with van der Waals surface area (Å²) in [4.78, 5) is 12.2. The predicted molar refractivity (Wildman–Crippen MR) is 104 cm³/mol. The molecule has 0 radical (unpaired) electrons. The highest BCUT2D eigenvalue weighted by Gasteiger charge is 2.17. The van der Waals surface area contributed by atoms with E-state index in [2.05, 4.69) is 22.6 Å². The van der Waals surface area contributed by atoms with E-state index >= 15 is 0 Å². The highest BCUT2D eigenvalue weighted by molar-refractivity contribution is 14.1. The maximum absolute atomic E-state index is 12.2. The topological polar surface area (TPSA) is 26.3 Å². The summed E-state index contributed by atoms with van der Waals surface area (Å²) in [5, 5.41) is 0.701. The number of carbonyl (C=O) groups is 1. The fraction of sp³-hybridized carbons (Fsp3) is 0.211. The van der Waals surface area contributed by atoms with E-state index in [9.17, 15) is 4.79 Å².